The van der Waals surface area contributed by atoms with Crippen LogP contribution in [-0.2, 0) is 10.2 Å². The van der Waals surface area contributed by atoms with Gasteiger partial charge in [-0.25, -0.2) is 0 Å². The van der Waals surface area contributed by atoms with Gasteiger partial charge in [-0.3, -0.25) is 0 Å². The van der Waals surface area contributed by atoms with Crippen LogP contribution in [0.3, 0.4) is 0 Å². The molecule has 0 saturated heterocycles. The van der Waals surface area contributed by atoms with Crippen molar-refractivity contribution in [3.05, 3.63) is 11.7 Å². The molecule has 5 nitrogen and oxygen atoms in total. The number of hydrogen-bond acceptors (Lipinski definition) is 5. The minimum atomic E-state index is -0.222. The minimum Gasteiger partial charge on any atom is -0.370 e. The number of aromatic nitrogens is 2. The van der Waals surface area contributed by atoms with Gasteiger partial charge in [-0.15, -0.1) is 0 Å². The zero-order chi connectivity index (χ0) is 15.4. The SMILES string of the molecule is CCOC(c1noc(C(CC)(CC)CN)n1)C(C)(C)C. The van der Waals surface area contributed by atoms with Gasteiger partial charge < -0.3 is 15.0 Å². The van der Waals surface area contributed by atoms with Crippen molar-refractivity contribution in [2.75, 3.05) is 13.2 Å². The van der Waals surface area contributed by atoms with Gasteiger partial charge in [0.25, 0.3) is 0 Å². The molecule has 1 rings (SSSR count). The van der Waals surface area contributed by atoms with Crippen LogP contribution in [0, 0.1) is 5.41 Å². The van der Waals surface area contributed by atoms with Crippen molar-refractivity contribution in [3.8, 4) is 0 Å². The van der Waals surface area contributed by atoms with Gasteiger partial charge >= 0.3 is 0 Å². The third-order valence-electron chi connectivity index (χ3n) is 3.99. The largest absolute Gasteiger partial charge is 0.370 e. The van der Waals surface area contributed by atoms with E-state index in [-0.39, 0.29) is 16.9 Å². The lowest BCUT2D eigenvalue weighted by atomic mass is 9.82. The molecule has 116 valence electrons. The zero-order valence-electron chi connectivity index (χ0n) is 13.7. The van der Waals surface area contributed by atoms with Crippen molar-refractivity contribution in [2.24, 2.45) is 11.1 Å². The maximum Gasteiger partial charge on any atom is 0.234 e. The number of ether oxygens (including phenoxy) is 1. The molecule has 5 heteroatoms. The maximum atomic E-state index is 5.93. The third kappa shape index (κ3) is 3.38. The molecule has 0 aliphatic heterocycles. The molecule has 0 bridgehead atoms. The van der Waals surface area contributed by atoms with Gasteiger partial charge in [-0.1, -0.05) is 39.8 Å². The van der Waals surface area contributed by atoms with Crippen molar-refractivity contribution in [1.82, 2.24) is 10.1 Å². The lowest BCUT2D eigenvalue weighted by molar-refractivity contribution is -0.0203. The summed E-state index contributed by atoms with van der Waals surface area (Å²) in [6, 6.07) is 0. The molecule has 0 aliphatic carbocycles. The van der Waals surface area contributed by atoms with Crippen LogP contribution in [0.2, 0.25) is 0 Å². The third-order valence-corrected chi connectivity index (χ3v) is 3.99. The van der Waals surface area contributed by atoms with Crippen LogP contribution in [0.15, 0.2) is 4.52 Å². The van der Waals surface area contributed by atoms with Crippen molar-refractivity contribution in [2.45, 2.75) is 65.9 Å². The highest BCUT2D eigenvalue weighted by Crippen LogP contribution is 2.36. The highest BCUT2D eigenvalue weighted by atomic mass is 16.5. The smallest absolute Gasteiger partial charge is 0.234 e. The van der Waals surface area contributed by atoms with Crippen molar-refractivity contribution in [1.29, 1.82) is 0 Å². The van der Waals surface area contributed by atoms with E-state index in [1.807, 2.05) is 6.92 Å². The van der Waals surface area contributed by atoms with E-state index in [0.717, 1.165) is 12.8 Å². The van der Waals surface area contributed by atoms with E-state index < -0.39 is 0 Å². The molecule has 0 fully saturated rings. The van der Waals surface area contributed by atoms with E-state index in [2.05, 4.69) is 44.8 Å². The van der Waals surface area contributed by atoms with Crippen LogP contribution in [0.5, 0.6) is 0 Å². The van der Waals surface area contributed by atoms with Gasteiger partial charge in [-0.2, -0.15) is 4.98 Å². The fourth-order valence-corrected chi connectivity index (χ4v) is 2.36. The number of rotatable bonds is 7. The summed E-state index contributed by atoms with van der Waals surface area (Å²) >= 11 is 0. The van der Waals surface area contributed by atoms with Crippen LogP contribution < -0.4 is 5.73 Å². The van der Waals surface area contributed by atoms with E-state index in [1.54, 1.807) is 0 Å². The molecule has 1 aromatic rings. The second-order valence-corrected chi connectivity index (χ2v) is 6.35. The summed E-state index contributed by atoms with van der Waals surface area (Å²) in [5.41, 5.74) is 5.63. The Kier molecular flexibility index (Phi) is 5.71. The predicted octanol–water partition coefficient (Wildman–Crippen LogP) is 3.21. The fraction of sp³-hybridized carbons (Fsp3) is 0.867. The molecule has 1 heterocycles. The van der Waals surface area contributed by atoms with Gasteiger partial charge in [0.05, 0.1) is 5.41 Å². The Morgan fingerprint density at radius 1 is 1.20 bits per heavy atom. The molecule has 2 N–H and O–H groups in total. The number of hydrogen-bond donors (Lipinski definition) is 1. The Labute approximate surface area is 122 Å². The van der Waals surface area contributed by atoms with Crippen LogP contribution in [0.4, 0.5) is 0 Å². The Morgan fingerprint density at radius 3 is 2.20 bits per heavy atom. The number of nitrogens with two attached hydrogens (primary N) is 1. The average molecular weight is 283 g/mol. The van der Waals surface area contributed by atoms with Crippen molar-refractivity contribution in [3.63, 3.8) is 0 Å². The molecular weight excluding hydrogens is 254 g/mol. The molecule has 0 saturated carbocycles. The standard InChI is InChI=1S/C15H29N3O2/c1-7-15(8-2,10-16)13-17-12(18-20-13)11(19-9-3)14(4,5)6/h11H,7-10,16H2,1-6H3. The summed E-state index contributed by atoms with van der Waals surface area (Å²) < 4.78 is 11.3. The molecule has 1 aromatic heterocycles. The zero-order valence-corrected chi connectivity index (χ0v) is 13.7. The normalized spacial score (nSPS) is 14.6. The van der Waals surface area contributed by atoms with E-state index in [0.29, 0.717) is 24.9 Å². The van der Waals surface area contributed by atoms with E-state index >= 15 is 0 Å². The first kappa shape index (κ1) is 17.1. The van der Waals surface area contributed by atoms with E-state index in [1.165, 1.54) is 0 Å². The molecule has 20 heavy (non-hydrogen) atoms. The fourth-order valence-electron chi connectivity index (χ4n) is 2.36. The second-order valence-electron chi connectivity index (χ2n) is 6.35. The molecule has 0 spiro atoms. The van der Waals surface area contributed by atoms with Crippen molar-refractivity contribution >= 4 is 0 Å². The monoisotopic (exact) mass is 283 g/mol. The predicted molar refractivity (Wildman–Crippen MR) is 79.4 cm³/mol. The molecule has 0 aliphatic rings. The molecule has 0 amide bonds. The Hall–Kier alpha value is -0.940. The summed E-state index contributed by atoms with van der Waals surface area (Å²) in [4.78, 5) is 4.60. The Morgan fingerprint density at radius 2 is 1.80 bits per heavy atom. The number of nitrogens with zero attached hydrogens (tertiary/aromatic N) is 2. The molecule has 0 radical (unpaired) electrons. The van der Waals surface area contributed by atoms with E-state index in [9.17, 15) is 0 Å². The molecule has 1 unspecified atom stereocenters. The lowest BCUT2D eigenvalue weighted by Crippen LogP contribution is -2.34. The Bertz CT molecular complexity index is 397. The lowest BCUT2D eigenvalue weighted by Gasteiger charge is -2.28. The highest BCUT2D eigenvalue weighted by molar-refractivity contribution is 5.07. The van der Waals surface area contributed by atoms with Gasteiger partial charge in [0, 0.05) is 13.2 Å². The first-order valence-corrected chi connectivity index (χ1v) is 7.50. The van der Waals surface area contributed by atoms with Gasteiger partial charge in [0.2, 0.25) is 11.7 Å². The quantitative estimate of drug-likeness (QED) is 0.831. The molecule has 0 aromatic carbocycles. The van der Waals surface area contributed by atoms with Crippen LogP contribution in [0.1, 0.15) is 72.2 Å². The maximum absolute atomic E-state index is 5.93. The van der Waals surface area contributed by atoms with Crippen LogP contribution in [0.25, 0.3) is 0 Å². The average Bonchev–Trinajstić information content (AvgIpc) is 2.87. The van der Waals surface area contributed by atoms with Crippen LogP contribution >= 0.6 is 0 Å². The molecule has 1 atom stereocenters. The summed E-state index contributed by atoms with van der Waals surface area (Å²) in [5, 5.41) is 4.14. The summed E-state index contributed by atoms with van der Waals surface area (Å²) in [7, 11) is 0. The van der Waals surface area contributed by atoms with Gasteiger partial charge in [-0.05, 0) is 25.2 Å². The summed E-state index contributed by atoms with van der Waals surface area (Å²) in [6.07, 6.45) is 1.60. The van der Waals surface area contributed by atoms with Crippen LogP contribution in [-0.4, -0.2) is 23.3 Å². The first-order valence-electron chi connectivity index (χ1n) is 7.50. The summed E-state index contributed by atoms with van der Waals surface area (Å²) in [5.74, 6) is 1.25. The molecular formula is C15H29N3O2. The highest BCUT2D eigenvalue weighted by Gasteiger charge is 2.36. The topological polar surface area (TPSA) is 74.2 Å². The first-order chi connectivity index (χ1) is 9.34. The Balaban J connectivity index is 3.12. The second kappa shape index (κ2) is 6.68. The van der Waals surface area contributed by atoms with Gasteiger partial charge in [0.15, 0.2) is 0 Å². The van der Waals surface area contributed by atoms with Crippen molar-refractivity contribution < 1.29 is 9.26 Å². The summed E-state index contributed by atoms with van der Waals surface area (Å²) in [6.45, 7) is 13.6. The van der Waals surface area contributed by atoms with Gasteiger partial charge in [0.1, 0.15) is 6.10 Å². The van der Waals surface area contributed by atoms with E-state index in [4.69, 9.17) is 15.0 Å². The minimum absolute atomic E-state index is 0.0824.